The Kier molecular flexibility index (Phi) is 13.5. The predicted molar refractivity (Wildman–Crippen MR) is 211 cm³/mol. The lowest BCUT2D eigenvalue weighted by Gasteiger charge is -2.48. The highest BCUT2D eigenvalue weighted by atomic mass is 79.9. The van der Waals surface area contributed by atoms with Gasteiger partial charge in [-0.05, 0) is 103 Å². The number of halogens is 6. The first-order valence-electron chi connectivity index (χ1n) is 17.4. The Morgan fingerprint density at radius 3 is 2.35 bits per heavy atom. The number of benzene rings is 3. The fourth-order valence-electron chi connectivity index (χ4n) is 6.75. The molecule has 3 aromatic rings. The van der Waals surface area contributed by atoms with Gasteiger partial charge < -0.3 is 19.7 Å². The number of amides is 2. The second-order valence-corrected chi connectivity index (χ2v) is 17.0. The number of nitrogens with one attached hydrogen (secondary N) is 1. The third kappa shape index (κ3) is 9.57. The van der Waals surface area contributed by atoms with E-state index in [1.807, 2.05) is 23.1 Å². The summed E-state index contributed by atoms with van der Waals surface area (Å²) in [7, 11) is 0. The molecule has 3 aromatic carbocycles. The Labute approximate surface area is 334 Å². The van der Waals surface area contributed by atoms with Crippen molar-refractivity contribution in [2.75, 3.05) is 26.2 Å². The van der Waals surface area contributed by atoms with Gasteiger partial charge in [0.05, 0.1) is 23.2 Å². The van der Waals surface area contributed by atoms with E-state index in [1.165, 1.54) is 12.1 Å². The third-order valence-corrected chi connectivity index (χ3v) is 11.8. The van der Waals surface area contributed by atoms with Crippen LogP contribution in [0.1, 0.15) is 56.2 Å². The summed E-state index contributed by atoms with van der Waals surface area (Å²) in [6.45, 7) is 5.06. The van der Waals surface area contributed by atoms with Gasteiger partial charge in [0.25, 0.3) is 5.91 Å². The number of alkyl halides is 3. The lowest BCUT2D eigenvalue weighted by Crippen LogP contribution is -2.64. The second kappa shape index (κ2) is 17.3. The van der Waals surface area contributed by atoms with Crippen molar-refractivity contribution < 1.29 is 23.5 Å². The van der Waals surface area contributed by atoms with Crippen molar-refractivity contribution in [2.45, 2.75) is 79.9 Å². The SMILES string of the molecule is CC(C)(OC(=O)N1[C@H]2CNC[C@@H]1C(C(=O)N(CCc1ccccc1)C1CC1)=C(c1ccc(CCCOc3cc(F)ccc3Br)cc1)C2)C(Cl)(Cl)Cl.Cl. The first-order valence-corrected chi connectivity index (χ1v) is 19.3. The summed E-state index contributed by atoms with van der Waals surface area (Å²) >= 11 is 22.0. The molecule has 2 heterocycles. The minimum Gasteiger partial charge on any atom is -0.492 e. The largest absolute Gasteiger partial charge is 0.492 e. The van der Waals surface area contributed by atoms with Crippen LogP contribution in [0.15, 0.2) is 82.8 Å². The Morgan fingerprint density at radius 1 is 0.981 bits per heavy atom. The Balaban J connectivity index is 0.00000523. The van der Waals surface area contributed by atoms with E-state index in [1.54, 1.807) is 24.8 Å². The van der Waals surface area contributed by atoms with E-state index < -0.39 is 21.5 Å². The lowest BCUT2D eigenvalue weighted by atomic mass is 9.81. The smallest absolute Gasteiger partial charge is 0.411 e. The van der Waals surface area contributed by atoms with Crippen LogP contribution in [0.25, 0.3) is 5.57 Å². The van der Waals surface area contributed by atoms with Gasteiger partial charge in [-0.15, -0.1) is 12.4 Å². The molecular weight excluding hydrogens is 815 g/mol. The molecular formula is C39H43BrCl4FN3O4. The number of carbonyl (C=O) groups excluding carboxylic acids is 2. The van der Waals surface area contributed by atoms with Gasteiger partial charge >= 0.3 is 6.09 Å². The zero-order chi connectivity index (χ0) is 36.3. The molecule has 0 unspecified atom stereocenters. The highest BCUT2D eigenvalue weighted by Gasteiger charge is 2.50. The summed E-state index contributed by atoms with van der Waals surface area (Å²) in [5.74, 6) is 0.0741. The van der Waals surface area contributed by atoms with Crippen molar-refractivity contribution in [2.24, 2.45) is 0 Å². The van der Waals surface area contributed by atoms with Crippen molar-refractivity contribution in [1.29, 1.82) is 0 Å². The number of rotatable bonds is 12. The lowest BCUT2D eigenvalue weighted by molar-refractivity contribution is -0.128. The fourth-order valence-corrected chi connectivity index (χ4v) is 7.23. The minimum absolute atomic E-state index is 0. The Morgan fingerprint density at radius 2 is 1.67 bits per heavy atom. The number of fused-ring (bicyclic) bond motifs is 2. The van der Waals surface area contributed by atoms with E-state index in [4.69, 9.17) is 44.3 Å². The number of aryl methyl sites for hydroxylation is 1. The standard InChI is InChI=1S/C39H42BrCl3FN3O4.ClH/c1-38(2,39(41,42)43)51-37(49)47-30-22-31(27-12-10-26(11-13-27)9-6-20-50-34-21-28(44)14-17-32(34)40)35(33(47)24-45-23-30)36(48)46(29-15-16-29)19-18-25-7-4-3-5-8-25;/h3-5,7-8,10-14,17,21,29-30,33,45H,6,9,15-16,18-20,22-24H2,1-2H3;1H/t30-,33-;/m1./s1. The quantitative estimate of drug-likeness (QED) is 0.145. The molecule has 1 N–H and O–H groups in total. The van der Waals surface area contributed by atoms with Crippen LogP contribution in [-0.4, -0.2) is 75.6 Å². The average molecular weight is 859 g/mol. The topological polar surface area (TPSA) is 71.1 Å². The normalized spacial score (nSPS) is 18.8. The summed E-state index contributed by atoms with van der Waals surface area (Å²) in [5, 5.41) is 3.45. The molecule has 1 aliphatic carbocycles. The number of ether oxygens (including phenoxy) is 2. The molecule has 1 saturated carbocycles. The van der Waals surface area contributed by atoms with Crippen molar-refractivity contribution in [3.63, 3.8) is 0 Å². The summed E-state index contributed by atoms with van der Waals surface area (Å²) in [5.41, 5.74) is 3.37. The average Bonchev–Trinajstić information content (AvgIpc) is 3.93. The first kappa shape index (κ1) is 40.7. The van der Waals surface area contributed by atoms with Crippen molar-refractivity contribution in [3.8, 4) is 5.75 Å². The summed E-state index contributed by atoms with van der Waals surface area (Å²) in [6.07, 6.45) is 3.98. The number of nitrogens with zero attached hydrogens (tertiary/aromatic N) is 2. The molecule has 6 rings (SSSR count). The zero-order valence-electron chi connectivity index (χ0n) is 29.1. The predicted octanol–water partition coefficient (Wildman–Crippen LogP) is 9.34. The van der Waals surface area contributed by atoms with Crippen LogP contribution in [0.4, 0.5) is 9.18 Å². The summed E-state index contributed by atoms with van der Waals surface area (Å²) in [4.78, 5) is 32.5. The molecule has 2 aliphatic heterocycles. The Bertz CT molecular complexity index is 1750. The maximum Gasteiger partial charge on any atom is 0.411 e. The maximum atomic E-state index is 14.9. The fraction of sp³-hybridized carbons (Fsp3) is 0.436. The Hall–Kier alpha value is -2.53. The van der Waals surface area contributed by atoms with E-state index in [2.05, 4.69) is 57.6 Å². The van der Waals surface area contributed by atoms with E-state index in [9.17, 15) is 14.0 Å². The number of piperazine rings is 1. The van der Waals surface area contributed by atoms with Gasteiger partial charge in [-0.1, -0.05) is 89.4 Å². The van der Waals surface area contributed by atoms with Crippen molar-refractivity contribution in [3.05, 3.63) is 105 Å². The second-order valence-electron chi connectivity index (χ2n) is 13.9. The molecule has 2 bridgehead atoms. The summed E-state index contributed by atoms with van der Waals surface area (Å²) < 4.78 is 24.2. The van der Waals surface area contributed by atoms with E-state index in [0.29, 0.717) is 48.5 Å². The molecule has 13 heteroatoms. The van der Waals surface area contributed by atoms with E-state index >= 15 is 0 Å². The van der Waals surface area contributed by atoms with Crippen LogP contribution in [0, 0.1) is 5.82 Å². The number of hydrogen-bond donors (Lipinski definition) is 1. The van der Waals surface area contributed by atoms with Crippen LogP contribution in [-0.2, 0) is 22.4 Å². The first-order chi connectivity index (χ1) is 24.3. The third-order valence-electron chi connectivity index (χ3n) is 9.81. The van der Waals surface area contributed by atoms with Gasteiger partial charge in [0, 0.05) is 37.3 Å². The molecule has 52 heavy (non-hydrogen) atoms. The molecule has 3 aliphatic rings. The van der Waals surface area contributed by atoms with Gasteiger partial charge in [0.2, 0.25) is 3.79 Å². The molecule has 2 atom stereocenters. The highest BCUT2D eigenvalue weighted by Crippen LogP contribution is 2.43. The van der Waals surface area contributed by atoms with Gasteiger partial charge in [-0.2, -0.15) is 0 Å². The van der Waals surface area contributed by atoms with Gasteiger partial charge in [-0.25, -0.2) is 9.18 Å². The molecule has 0 radical (unpaired) electrons. The van der Waals surface area contributed by atoms with Crippen LogP contribution in [0.2, 0.25) is 0 Å². The highest BCUT2D eigenvalue weighted by molar-refractivity contribution is 9.10. The zero-order valence-corrected chi connectivity index (χ0v) is 33.7. The van der Waals surface area contributed by atoms with Gasteiger partial charge in [0.15, 0.2) is 5.60 Å². The number of carbonyl (C=O) groups is 2. The molecule has 0 spiro atoms. The van der Waals surface area contributed by atoms with Crippen LogP contribution < -0.4 is 10.1 Å². The van der Waals surface area contributed by atoms with Crippen molar-refractivity contribution in [1.82, 2.24) is 15.1 Å². The van der Waals surface area contributed by atoms with Gasteiger partial charge in [-0.3, -0.25) is 9.69 Å². The molecule has 2 amide bonds. The molecule has 1 saturated heterocycles. The van der Waals surface area contributed by atoms with Crippen molar-refractivity contribution >= 4 is 80.7 Å². The minimum atomic E-state index is -1.85. The summed E-state index contributed by atoms with van der Waals surface area (Å²) in [6, 6.07) is 22.2. The monoisotopic (exact) mass is 855 g/mol. The van der Waals surface area contributed by atoms with E-state index in [-0.39, 0.29) is 36.2 Å². The molecule has 7 nitrogen and oxygen atoms in total. The van der Waals surface area contributed by atoms with Crippen LogP contribution >= 0.6 is 63.1 Å². The van der Waals surface area contributed by atoms with Crippen LogP contribution in [0.3, 0.4) is 0 Å². The molecule has 2 fully saturated rings. The van der Waals surface area contributed by atoms with Crippen LogP contribution in [0.5, 0.6) is 5.75 Å². The van der Waals surface area contributed by atoms with E-state index in [0.717, 1.165) is 54.4 Å². The van der Waals surface area contributed by atoms with Gasteiger partial charge in [0.1, 0.15) is 11.6 Å². The molecule has 0 aromatic heterocycles. The maximum absolute atomic E-state index is 14.9. The number of hydrogen-bond acceptors (Lipinski definition) is 5. The molecule has 280 valence electrons.